The van der Waals surface area contributed by atoms with Crippen molar-refractivity contribution >= 4 is 28.8 Å². The van der Waals surface area contributed by atoms with Gasteiger partial charge >= 0.3 is 6.18 Å². The zero-order valence-corrected chi connectivity index (χ0v) is 18.6. The van der Waals surface area contributed by atoms with Crippen molar-refractivity contribution in [3.63, 3.8) is 0 Å². The minimum absolute atomic E-state index is 0.0633. The highest BCUT2D eigenvalue weighted by molar-refractivity contribution is 6.06. The van der Waals surface area contributed by atoms with Crippen LogP contribution in [0.3, 0.4) is 0 Å². The van der Waals surface area contributed by atoms with Crippen molar-refractivity contribution in [3.8, 4) is 0 Å². The van der Waals surface area contributed by atoms with Gasteiger partial charge in [-0.25, -0.2) is 9.97 Å². The second-order valence-corrected chi connectivity index (χ2v) is 9.07. The number of aldehydes is 1. The highest BCUT2D eigenvalue weighted by Gasteiger charge is 2.37. The van der Waals surface area contributed by atoms with Gasteiger partial charge in [0.25, 0.3) is 5.91 Å². The molecule has 0 bridgehead atoms. The summed E-state index contributed by atoms with van der Waals surface area (Å²) in [7, 11) is 0. The van der Waals surface area contributed by atoms with Crippen LogP contribution in [0.4, 0.5) is 18.9 Å². The summed E-state index contributed by atoms with van der Waals surface area (Å²) < 4.78 is 41.7. The standard InChI is InChI=1S/C23H24F3N5O3/c1-22(2,34)17-8-18-14(10-31(30-18)15-5-3-13(11-32)4-6-15)7-19(17)29-21(33)16-9-27-12-28-20(16)23(24,25)26/h7-13,15,34H,3-6H2,1-2H3,(H,29,33)/t13-,15-. The molecule has 1 amide bonds. The van der Waals surface area contributed by atoms with Crippen LogP contribution in [0.1, 0.15) is 67.2 Å². The van der Waals surface area contributed by atoms with E-state index in [0.717, 1.165) is 44.5 Å². The van der Waals surface area contributed by atoms with Gasteiger partial charge in [0.1, 0.15) is 12.6 Å². The first-order chi connectivity index (χ1) is 16.0. The summed E-state index contributed by atoms with van der Waals surface area (Å²) in [5, 5.41) is 18.4. The van der Waals surface area contributed by atoms with Gasteiger partial charge in [-0.1, -0.05) is 0 Å². The zero-order chi connectivity index (χ0) is 24.7. The van der Waals surface area contributed by atoms with Crippen LogP contribution < -0.4 is 5.32 Å². The molecule has 1 aliphatic carbocycles. The Hall–Kier alpha value is -3.34. The molecular weight excluding hydrogens is 451 g/mol. The van der Waals surface area contributed by atoms with Gasteiger partial charge in [0.2, 0.25) is 0 Å². The number of aliphatic hydroxyl groups is 1. The Kier molecular flexibility index (Phi) is 6.15. The Balaban J connectivity index is 1.70. The minimum Gasteiger partial charge on any atom is -0.386 e. The van der Waals surface area contributed by atoms with E-state index in [0.29, 0.717) is 16.5 Å². The molecule has 4 rings (SSSR count). The molecule has 0 radical (unpaired) electrons. The molecule has 3 aromatic rings. The molecule has 2 aromatic heterocycles. The Bertz CT molecular complexity index is 1220. The van der Waals surface area contributed by atoms with Crippen LogP contribution >= 0.6 is 0 Å². The smallest absolute Gasteiger partial charge is 0.386 e. The van der Waals surface area contributed by atoms with Crippen LogP contribution in [0.5, 0.6) is 0 Å². The first-order valence-corrected chi connectivity index (χ1v) is 10.9. The van der Waals surface area contributed by atoms with E-state index in [1.807, 2.05) is 4.68 Å². The van der Waals surface area contributed by atoms with Crippen molar-refractivity contribution in [3.05, 3.63) is 47.7 Å². The monoisotopic (exact) mass is 475 g/mol. The second-order valence-electron chi connectivity index (χ2n) is 9.07. The Morgan fingerprint density at radius 1 is 1.21 bits per heavy atom. The molecule has 1 fully saturated rings. The van der Waals surface area contributed by atoms with Gasteiger partial charge in [0, 0.05) is 34.9 Å². The summed E-state index contributed by atoms with van der Waals surface area (Å²) in [6, 6.07) is 3.31. The number of fused-ring (bicyclic) bond motifs is 1. The number of alkyl halides is 3. The van der Waals surface area contributed by atoms with Crippen molar-refractivity contribution in [2.75, 3.05) is 5.32 Å². The van der Waals surface area contributed by atoms with Crippen LogP contribution in [0.15, 0.2) is 30.9 Å². The molecule has 1 saturated carbocycles. The quantitative estimate of drug-likeness (QED) is 0.534. The molecular formula is C23H24F3N5O3. The lowest BCUT2D eigenvalue weighted by Gasteiger charge is -2.25. The SMILES string of the molecule is CC(C)(O)c1cc2nn([C@H]3CC[C@H](C=O)CC3)cc2cc1NC(=O)c1cncnc1C(F)(F)F. The molecule has 34 heavy (non-hydrogen) atoms. The maximum absolute atomic E-state index is 13.3. The topological polar surface area (TPSA) is 110 Å². The number of aromatic nitrogens is 4. The molecule has 0 aliphatic heterocycles. The number of benzene rings is 1. The van der Waals surface area contributed by atoms with Gasteiger partial charge in [0.15, 0.2) is 5.69 Å². The minimum atomic E-state index is -4.83. The van der Waals surface area contributed by atoms with Gasteiger partial charge in [-0.15, -0.1) is 0 Å². The van der Waals surface area contributed by atoms with Crippen LogP contribution in [0.2, 0.25) is 0 Å². The molecule has 2 N–H and O–H groups in total. The second kappa shape index (κ2) is 8.79. The summed E-state index contributed by atoms with van der Waals surface area (Å²) in [4.78, 5) is 30.6. The van der Waals surface area contributed by atoms with E-state index in [1.54, 1.807) is 18.3 Å². The predicted octanol–water partition coefficient (Wildman–Crippen LogP) is 4.26. The lowest BCUT2D eigenvalue weighted by molar-refractivity contribution is -0.141. The number of hydrogen-bond donors (Lipinski definition) is 2. The number of rotatable bonds is 5. The highest BCUT2D eigenvalue weighted by atomic mass is 19.4. The molecule has 0 spiro atoms. The van der Waals surface area contributed by atoms with E-state index in [1.165, 1.54) is 13.8 Å². The lowest BCUT2D eigenvalue weighted by atomic mass is 9.87. The fraction of sp³-hybridized carbons (Fsp3) is 0.435. The molecule has 1 aliphatic rings. The van der Waals surface area contributed by atoms with E-state index in [9.17, 15) is 27.9 Å². The molecule has 2 heterocycles. The van der Waals surface area contributed by atoms with Crippen molar-refractivity contribution in [2.45, 2.75) is 57.3 Å². The number of nitrogens with one attached hydrogen (secondary N) is 1. The number of amides is 1. The fourth-order valence-electron chi connectivity index (χ4n) is 4.30. The number of anilines is 1. The summed E-state index contributed by atoms with van der Waals surface area (Å²) in [5.41, 5.74) is -2.45. The average molecular weight is 475 g/mol. The van der Waals surface area contributed by atoms with Gasteiger partial charge in [-0.2, -0.15) is 18.3 Å². The van der Waals surface area contributed by atoms with Crippen molar-refractivity contribution < 1.29 is 27.9 Å². The van der Waals surface area contributed by atoms with E-state index >= 15 is 0 Å². The maximum Gasteiger partial charge on any atom is 0.434 e. The summed E-state index contributed by atoms with van der Waals surface area (Å²) in [6.07, 6.45) is 2.65. The summed E-state index contributed by atoms with van der Waals surface area (Å²) in [5.74, 6) is -0.981. The maximum atomic E-state index is 13.3. The number of hydrogen-bond acceptors (Lipinski definition) is 6. The first-order valence-electron chi connectivity index (χ1n) is 10.9. The molecule has 180 valence electrons. The predicted molar refractivity (Wildman–Crippen MR) is 117 cm³/mol. The van der Waals surface area contributed by atoms with Crippen LogP contribution in [-0.2, 0) is 16.6 Å². The van der Waals surface area contributed by atoms with E-state index in [-0.39, 0.29) is 17.6 Å². The normalized spacial score (nSPS) is 19.2. The third kappa shape index (κ3) is 4.79. The number of halogens is 3. The highest BCUT2D eigenvalue weighted by Crippen LogP contribution is 2.36. The first kappa shape index (κ1) is 23.8. The van der Waals surface area contributed by atoms with Gasteiger partial charge in [-0.05, 0) is 51.7 Å². The number of nitrogens with zero attached hydrogens (tertiary/aromatic N) is 4. The largest absolute Gasteiger partial charge is 0.434 e. The van der Waals surface area contributed by atoms with Crippen molar-refractivity contribution in [2.24, 2.45) is 5.92 Å². The molecule has 8 nitrogen and oxygen atoms in total. The van der Waals surface area contributed by atoms with Gasteiger partial charge < -0.3 is 15.2 Å². The molecule has 0 saturated heterocycles. The number of carbonyl (C=O) groups is 2. The van der Waals surface area contributed by atoms with Gasteiger partial charge in [0.05, 0.1) is 22.7 Å². The third-order valence-electron chi connectivity index (χ3n) is 6.10. The molecule has 11 heteroatoms. The zero-order valence-electron chi connectivity index (χ0n) is 18.6. The average Bonchev–Trinajstić information content (AvgIpc) is 3.20. The van der Waals surface area contributed by atoms with E-state index in [2.05, 4.69) is 20.4 Å². The van der Waals surface area contributed by atoms with Crippen LogP contribution in [0.25, 0.3) is 10.9 Å². The summed E-state index contributed by atoms with van der Waals surface area (Å²) in [6.45, 7) is 3.02. The Labute approximate surface area is 193 Å². The molecule has 1 aromatic carbocycles. The number of carbonyl (C=O) groups excluding carboxylic acids is 2. The third-order valence-corrected chi connectivity index (χ3v) is 6.10. The fourth-order valence-corrected chi connectivity index (χ4v) is 4.30. The Morgan fingerprint density at radius 3 is 2.53 bits per heavy atom. The van der Waals surface area contributed by atoms with Crippen LogP contribution in [0, 0.1) is 5.92 Å². The lowest BCUT2D eigenvalue weighted by Crippen LogP contribution is -2.23. The van der Waals surface area contributed by atoms with E-state index in [4.69, 9.17) is 0 Å². The van der Waals surface area contributed by atoms with Gasteiger partial charge in [-0.3, -0.25) is 9.48 Å². The van der Waals surface area contributed by atoms with Crippen molar-refractivity contribution in [1.29, 1.82) is 0 Å². The summed E-state index contributed by atoms with van der Waals surface area (Å²) >= 11 is 0. The molecule has 0 unspecified atom stereocenters. The Morgan fingerprint density at radius 2 is 1.91 bits per heavy atom. The van der Waals surface area contributed by atoms with Crippen molar-refractivity contribution in [1.82, 2.24) is 19.7 Å². The molecule has 0 atom stereocenters. The van der Waals surface area contributed by atoms with E-state index < -0.39 is 28.9 Å². The van der Waals surface area contributed by atoms with Crippen LogP contribution in [-0.4, -0.2) is 37.0 Å².